The average Bonchev–Trinajstić information content (AvgIpc) is 3.72. The van der Waals surface area contributed by atoms with Crippen LogP contribution in [0.3, 0.4) is 0 Å². The second-order valence-electron chi connectivity index (χ2n) is 13.5. The first-order chi connectivity index (χ1) is 24.3. The lowest BCUT2D eigenvalue weighted by Gasteiger charge is -2.30. The van der Waals surface area contributed by atoms with E-state index in [1.807, 2.05) is 53.2 Å². The third-order valence-electron chi connectivity index (χ3n) is 10.1. The van der Waals surface area contributed by atoms with E-state index in [1.165, 1.54) is 6.07 Å². The molecule has 5 aromatic rings. The van der Waals surface area contributed by atoms with E-state index in [-0.39, 0.29) is 34.3 Å². The highest BCUT2D eigenvalue weighted by molar-refractivity contribution is 6.07. The highest BCUT2D eigenvalue weighted by Gasteiger charge is 2.35. The second-order valence-corrected chi connectivity index (χ2v) is 13.5. The fraction of sp³-hybridized carbons (Fsp3) is 0.395. The number of amides is 2. The Labute approximate surface area is 288 Å². The Morgan fingerprint density at radius 3 is 2.66 bits per heavy atom. The number of carbonyl (C=O) groups excluding carboxylic acids is 2. The first-order valence-corrected chi connectivity index (χ1v) is 17.5. The maximum Gasteiger partial charge on any atom is 0.259 e. The Morgan fingerprint density at radius 2 is 1.84 bits per heavy atom. The number of carbonyl (C=O) groups is 2. The van der Waals surface area contributed by atoms with Crippen LogP contribution < -0.4 is 20.4 Å². The van der Waals surface area contributed by atoms with Gasteiger partial charge in [-0.25, -0.2) is 4.39 Å². The third-order valence-corrected chi connectivity index (χ3v) is 10.1. The molecule has 2 fully saturated rings. The molecule has 3 aromatic carbocycles. The van der Waals surface area contributed by atoms with Gasteiger partial charge in [0.05, 0.1) is 30.8 Å². The molecule has 5 heterocycles. The minimum atomic E-state index is -0.631. The molecule has 12 heteroatoms. The molecule has 0 spiro atoms. The number of halogens is 1. The van der Waals surface area contributed by atoms with Crippen molar-refractivity contribution in [2.45, 2.75) is 38.6 Å². The zero-order chi connectivity index (χ0) is 34.5. The van der Waals surface area contributed by atoms with E-state index in [9.17, 15) is 14.4 Å². The number of unbranched alkanes of at least 4 members (excludes halogenated alkanes) is 2. The Kier molecular flexibility index (Phi) is 8.44. The number of morpholine rings is 1. The van der Waals surface area contributed by atoms with Crippen molar-refractivity contribution < 1.29 is 27.9 Å². The minimum absolute atomic E-state index is 0.0471. The summed E-state index contributed by atoms with van der Waals surface area (Å²) < 4.78 is 36.4. The van der Waals surface area contributed by atoms with Gasteiger partial charge in [0, 0.05) is 55.3 Å². The molecule has 3 aliphatic heterocycles. The molecule has 0 radical (unpaired) electrons. The van der Waals surface area contributed by atoms with Crippen molar-refractivity contribution in [1.82, 2.24) is 19.7 Å². The summed E-state index contributed by atoms with van der Waals surface area (Å²) in [5.74, 6) is -0.489. The van der Waals surface area contributed by atoms with Gasteiger partial charge in [0.25, 0.3) is 5.91 Å². The lowest BCUT2D eigenvalue weighted by Crippen LogP contribution is -2.42. The van der Waals surface area contributed by atoms with Gasteiger partial charge in [0.15, 0.2) is 17.3 Å². The number of para-hydroxylation sites is 1. The molecule has 0 aliphatic carbocycles. The van der Waals surface area contributed by atoms with Gasteiger partial charge in [-0.3, -0.25) is 19.3 Å². The topological polar surface area (TPSA) is 109 Å². The first-order valence-electron chi connectivity index (χ1n) is 17.5. The molecule has 260 valence electrons. The van der Waals surface area contributed by atoms with E-state index < -0.39 is 17.2 Å². The summed E-state index contributed by atoms with van der Waals surface area (Å²) >= 11 is 0. The molecule has 1 N–H and O–H groups in total. The lowest BCUT2D eigenvalue weighted by atomic mass is 10.0. The SMILES string of the molecule is CCCCCN(C)CC(=O)N[C@@H]1CCN(c2c(F)cc3c(=O)c(C(=O)N4CCOCC4)cn4c3c2Oc2cc3c(cc2-4)oc2ccccc23)C1. The summed E-state index contributed by atoms with van der Waals surface area (Å²) in [5, 5.41) is 4.90. The van der Waals surface area contributed by atoms with Crippen LogP contribution >= 0.6 is 0 Å². The summed E-state index contributed by atoms with van der Waals surface area (Å²) in [5.41, 5.74) is 1.85. The Bertz CT molecular complexity index is 2210. The van der Waals surface area contributed by atoms with Gasteiger partial charge in [-0.1, -0.05) is 38.0 Å². The van der Waals surface area contributed by atoms with Crippen LogP contribution in [0, 0.1) is 5.82 Å². The van der Waals surface area contributed by atoms with Crippen molar-refractivity contribution in [2.75, 3.05) is 64.4 Å². The van der Waals surface area contributed by atoms with Crippen molar-refractivity contribution in [3.8, 4) is 17.2 Å². The molecule has 0 bridgehead atoms. The average molecular weight is 682 g/mol. The largest absolute Gasteiger partial charge is 0.456 e. The van der Waals surface area contributed by atoms with Gasteiger partial charge in [-0.05, 0) is 44.6 Å². The van der Waals surface area contributed by atoms with Crippen LogP contribution in [0.2, 0.25) is 0 Å². The number of nitrogens with one attached hydrogen (secondary N) is 1. The minimum Gasteiger partial charge on any atom is -0.456 e. The Morgan fingerprint density at radius 1 is 1.02 bits per heavy atom. The highest BCUT2D eigenvalue weighted by atomic mass is 19.1. The predicted octanol–water partition coefficient (Wildman–Crippen LogP) is 5.42. The molecular formula is C38H40FN5O6. The number of nitrogens with zero attached hydrogens (tertiary/aromatic N) is 4. The van der Waals surface area contributed by atoms with E-state index in [2.05, 4.69) is 12.2 Å². The summed E-state index contributed by atoms with van der Waals surface area (Å²) in [6, 6.07) is 12.4. The van der Waals surface area contributed by atoms with Crippen LogP contribution in [0.4, 0.5) is 10.1 Å². The number of benzene rings is 3. The molecule has 3 aliphatic rings. The number of rotatable bonds is 9. The molecule has 0 unspecified atom stereocenters. The predicted molar refractivity (Wildman–Crippen MR) is 189 cm³/mol. The van der Waals surface area contributed by atoms with Crippen LogP contribution in [0.15, 0.2) is 57.9 Å². The first kappa shape index (κ1) is 32.3. The van der Waals surface area contributed by atoms with Gasteiger partial charge in [0.1, 0.15) is 27.9 Å². The van der Waals surface area contributed by atoms with Gasteiger partial charge in [-0.15, -0.1) is 0 Å². The second kappa shape index (κ2) is 13.1. The summed E-state index contributed by atoms with van der Waals surface area (Å²) in [6.07, 6.45) is 5.46. The number of ether oxygens (including phenoxy) is 2. The summed E-state index contributed by atoms with van der Waals surface area (Å²) in [6.45, 7) is 5.62. The van der Waals surface area contributed by atoms with E-state index in [1.54, 1.807) is 15.7 Å². The third kappa shape index (κ3) is 5.66. The van der Waals surface area contributed by atoms with Crippen molar-refractivity contribution >= 4 is 50.3 Å². The fourth-order valence-electron chi connectivity index (χ4n) is 7.52. The summed E-state index contributed by atoms with van der Waals surface area (Å²) in [4.78, 5) is 46.2. The zero-order valence-electron chi connectivity index (χ0n) is 28.3. The van der Waals surface area contributed by atoms with Gasteiger partial charge < -0.3 is 33.6 Å². The number of hydrogen-bond acceptors (Lipinski definition) is 8. The molecule has 2 saturated heterocycles. The van der Waals surface area contributed by atoms with Crippen molar-refractivity contribution in [3.05, 3.63) is 70.3 Å². The molecule has 0 saturated carbocycles. The van der Waals surface area contributed by atoms with Gasteiger partial charge in [0.2, 0.25) is 11.3 Å². The maximum absolute atomic E-state index is 16.4. The van der Waals surface area contributed by atoms with E-state index >= 15 is 4.39 Å². The quantitative estimate of drug-likeness (QED) is 0.202. The Hall–Kier alpha value is -4.94. The van der Waals surface area contributed by atoms with Crippen LogP contribution in [-0.2, 0) is 9.53 Å². The highest BCUT2D eigenvalue weighted by Crippen LogP contribution is 2.49. The van der Waals surface area contributed by atoms with E-state index in [0.717, 1.165) is 36.6 Å². The van der Waals surface area contributed by atoms with Crippen LogP contribution in [-0.4, -0.2) is 91.8 Å². The molecule has 11 nitrogen and oxygen atoms in total. The van der Waals surface area contributed by atoms with Crippen molar-refractivity contribution in [2.24, 2.45) is 0 Å². The van der Waals surface area contributed by atoms with Crippen LogP contribution in [0.1, 0.15) is 43.0 Å². The molecule has 2 aromatic heterocycles. The van der Waals surface area contributed by atoms with Crippen molar-refractivity contribution in [3.63, 3.8) is 0 Å². The molecule has 50 heavy (non-hydrogen) atoms. The van der Waals surface area contributed by atoms with Gasteiger partial charge >= 0.3 is 0 Å². The zero-order valence-corrected chi connectivity index (χ0v) is 28.3. The normalized spacial score (nSPS) is 17.2. The number of hydrogen-bond donors (Lipinski definition) is 1. The van der Waals surface area contributed by atoms with Crippen LogP contribution in [0.5, 0.6) is 11.5 Å². The number of likely N-dealkylation sites (N-methyl/N-ethyl adjacent to an activating group) is 1. The molecule has 8 rings (SSSR count). The number of aromatic nitrogens is 1. The lowest BCUT2D eigenvalue weighted by molar-refractivity contribution is -0.122. The smallest absolute Gasteiger partial charge is 0.259 e. The van der Waals surface area contributed by atoms with Gasteiger partial charge in [-0.2, -0.15) is 0 Å². The number of furan rings is 1. The Balaban J connectivity index is 1.20. The fourth-order valence-corrected chi connectivity index (χ4v) is 7.52. The molecule has 2 amide bonds. The number of fused-ring (bicyclic) bond motifs is 5. The standard InChI is InChI=1S/C38H40FN5O6/c1-3-4-7-11-41(2)22-33(45)40-23-10-12-43(20-23)35-28(39)17-26-34-37(35)50-32-18-25-24-8-5-6-9-30(24)49-31(25)19-29(32)44(34)21-27(36(26)46)38(47)42-13-15-48-16-14-42/h5-6,8-9,17-19,21,23H,3-4,7,10-16,20,22H2,1-2H3,(H,40,45)/t23-/m1/s1. The molecular weight excluding hydrogens is 641 g/mol. The number of pyridine rings is 1. The molecule has 1 atom stereocenters. The summed E-state index contributed by atoms with van der Waals surface area (Å²) in [7, 11) is 1.94. The van der Waals surface area contributed by atoms with Crippen molar-refractivity contribution in [1.29, 1.82) is 0 Å². The van der Waals surface area contributed by atoms with E-state index in [4.69, 9.17) is 13.9 Å². The van der Waals surface area contributed by atoms with Crippen LogP contribution in [0.25, 0.3) is 38.5 Å². The monoisotopic (exact) mass is 681 g/mol. The maximum atomic E-state index is 16.4. The van der Waals surface area contributed by atoms with E-state index in [0.29, 0.717) is 80.5 Å². The number of anilines is 1.